The molecule has 1 aliphatic rings. The van der Waals surface area contributed by atoms with Gasteiger partial charge in [-0.2, -0.15) is 0 Å². The summed E-state index contributed by atoms with van der Waals surface area (Å²) in [5, 5.41) is 0.766. The van der Waals surface area contributed by atoms with Crippen molar-refractivity contribution in [3.63, 3.8) is 0 Å². The van der Waals surface area contributed by atoms with Crippen LogP contribution in [0, 0.1) is 5.92 Å². The highest BCUT2D eigenvalue weighted by molar-refractivity contribution is 6.31. The van der Waals surface area contributed by atoms with Crippen LogP contribution in [-0.2, 0) is 4.79 Å². The Hall–Kier alpha value is -1.10. The molecule has 1 aromatic carbocycles. The van der Waals surface area contributed by atoms with Crippen molar-refractivity contribution >= 4 is 17.5 Å². The molecule has 1 atom stereocenters. The Bertz CT molecular complexity index is 458. The third kappa shape index (κ3) is 3.72. The molecule has 1 fully saturated rings. The molecular weight excluding hydrogens is 274 g/mol. The predicted octanol–water partition coefficient (Wildman–Crippen LogP) is 1.93. The van der Waals surface area contributed by atoms with Gasteiger partial charge in [-0.1, -0.05) is 29.8 Å². The lowest BCUT2D eigenvalue weighted by molar-refractivity contribution is -0.119. The summed E-state index contributed by atoms with van der Waals surface area (Å²) in [6, 6.07) is 8.01. The van der Waals surface area contributed by atoms with Crippen LogP contribution in [0.1, 0.15) is 30.9 Å². The van der Waals surface area contributed by atoms with E-state index in [1.54, 1.807) is 0 Å². The number of amides is 1. The van der Waals surface area contributed by atoms with Gasteiger partial charge in [0.15, 0.2) is 0 Å². The van der Waals surface area contributed by atoms with Gasteiger partial charge in [0.2, 0.25) is 5.91 Å². The maximum absolute atomic E-state index is 11.0. The van der Waals surface area contributed by atoms with Gasteiger partial charge in [-0.3, -0.25) is 9.69 Å². The second-order valence-electron chi connectivity index (χ2n) is 5.42. The minimum Gasteiger partial charge on any atom is -0.370 e. The van der Waals surface area contributed by atoms with E-state index in [1.165, 1.54) is 0 Å². The second kappa shape index (κ2) is 7.07. The topological polar surface area (TPSA) is 72.3 Å². The number of carbonyl (C=O) groups excluding carboxylic acids is 1. The molecule has 20 heavy (non-hydrogen) atoms. The Morgan fingerprint density at radius 3 is 2.55 bits per heavy atom. The minimum atomic E-state index is -0.204. The van der Waals surface area contributed by atoms with Crippen molar-refractivity contribution in [1.82, 2.24) is 4.90 Å². The Kier molecular flexibility index (Phi) is 5.40. The van der Waals surface area contributed by atoms with Crippen LogP contribution in [0.4, 0.5) is 0 Å². The SMILES string of the molecule is NCC(c1ccccc1Cl)N1CCC(CC(N)=O)CC1. The Morgan fingerprint density at radius 2 is 2.00 bits per heavy atom. The van der Waals surface area contributed by atoms with Crippen LogP contribution in [0.15, 0.2) is 24.3 Å². The minimum absolute atomic E-state index is 0.151. The average Bonchev–Trinajstić information content (AvgIpc) is 2.43. The van der Waals surface area contributed by atoms with Crippen molar-refractivity contribution in [2.24, 2.45) is 17.4 Å². The van der Waals surface area contributed by atoms with Crippen LogP contribution in [-0.4, -0.2) is 30.4 Å². The van der Waals surface area contributed by atoms with Crippen LogP contribution in [0.25, 0.3) is 0 Å². The zero-order chi connectivity index (χ0) is 14.5. The zero-order valence-corrected chi connectivity index (χ0v) is 12.4. The van der Waals surface area contributed by atoms with Crippen LogP contribution < -0.4 is 11.5 Å². The molecule has 4 nitrogen and oxygen atoms in total. The highest BCUT2D eigenvalue weighted by Gasteiger charge is 2.26. The molecule has 0 spiro atoms. The molecule has 0 aliphatic carbocycles. The smallest absolute Gasteiger partial charge is 0.217 e. The summed E-state index contributed by atoms with van der Waals surface area (Å²) >= 11 is 6.27. The molecule has 0 radical (unpaired) electrons. The summed E-state index contributed by atoms with van der Waals surface area (Å²) in [6.07, 6.45) is 2.47. The van der Waals surface area contributed by atoms with E-state index in [0.29, 0.717) is 18.9 Å². The highest BCUT2D eigenvalue weighted by Crippen LogP contribution is 2.31. The molecule has 1 aliphatic heterocycles. The van der Waals surface area contributed by atoms with Crippen LogP contribution in [0.2, 0.25) is 5.02 Å². The first-order chi connectivity index (χ1) is 9.61. The van der Waals surface area contributed by atoms with Gasteiger partial charge in [-0.15, -0.1) is 0 Å². The van der Waals surface area contributed by atoms with Crippen LogP contribution >= 0.6 is 11.6 Å². The van der Waals surface area contributed by atoms with Gasteiger partial charge in [0.05, 0.1) is 0 Å². The number of carbonyl (C=O) groups is 1. The number of halogens is 1. The lowest BCUT2D eigenvalue weighted by atomic mass is 9.91. The van der Waals surface area contributed by atoms with Crippen molar-refractivity contribution in [2.45, 2.75) is 25.3 Å². The normalized spacial score (nSPS) is 18.9. The van der Waals surface area contributed by atoms with E-state index in [0.717, 1.165) is 36.5 Å². The first kappa shape index (κ1) is 15.3. The molecule has 5 heteroatoms. The van der Waals surface area contributed by atoms with Gasteiger partial charge < -0.3 is 11.5 Å². The van der Waals surface area contributed by atoms with Crippen LogP contribution in [0.5, 0.6) is 0 Å². The number of nitrogens with zero attached hydrogens (tertiary/aromatic N) is 1. The molecule has 0 bridgehead atoms. The molecule has 4 N–H and O–H groups in total. The van der Waals surface area contributed by atoms with Gasteiger partial charge in [0.1, 0.15) is 0 Å². The van der Waals surface area contributed by atoms with Gasteiger partial charge in [-0.25, -0.2) is 0 Å². The molecule has 110 valence electrons. The maximum Gasteiger partial charge on any atom is 0.217 e. The number of benzene rings is 1. The monoisotopic (exact) mass is 295 g/mol. The zero-order valence-electron chi connectivity index (χ0n) is 11.6. The van der Waals surface area contributed by atoms with E-state index in [4.69, 9.17) is 23.1 Å². The Labute approximate surface area is 125 Å². The third-order valence-corrected chi connectivity index (χ3v) is 4.41. The summed E-state index contributed by atoms with van der Waals surface area (Å²) in [5.74, 6) is 0.207. The number of hydrogen-bond donors (Lipinski definition) is 2. The highest BCUT2D eigenvalue weighted by atomic mass is 35.5. The third-order valence-electron chi connectivity index (χ3n) is 4.07. The number of rotatable bonds is 5. The summed E-state index contributed by atoms with van der Waals surface area (Å²) in [7, 11) is 0. The first-order valence-electron chi connectivity index (χ1n) is 7.08. The van der Waals surface area contributed by atoms with Crippen molar-refractivity contribution < 1.29 is 4.79 Å². The molecule has 1 unspecified atom stereocenters. The van der Waals surface area contributed by atoms with Crippen molar-refractivity contribution in [3.05, 3.63) is 34.9 Å². The van der Waals surface area contributed by atoms with Crippen LogP contribution in [0.3, 0.4) is 0 Å². The summed E-state index contributed by atoms with van der Waals surface area (Å²) < 4.78 is 0. The standard InChI is InChI=1S/C15H22ClN3O/c16-13-4-2-1-3-12(13)14(10-17)19-7-5-11(6-8-19)9-15(18)20/h1-4,11,14H,5-10,17H2,(H2,18,20). The number of piperidine rings is 1. The van der Waals surface area contributed by atoms with E-state index in [2.05, 4.69) is 4.90 Å². The molecule has 1 amide bonds. The number of hydrogen-bond acceptors (Lipinski definition) is 3. The maximum atomic E-state index is 11.0. The van der Waals surface area contributed by atoms with Gasteiger partial charge >= 0.3 is 0 Å². The predicted molar refractivity (Wildman–Crippen MR) is 81.4 cm³/mol. The Balaban J connectivity index is 2.01. The first-order valence-corrected chi connectivity index (χ1v) is 7.46. The molecule has 2 rings (SSSR count). The summed E-state index contributed by atoms with van der Waals surface area (Å²) in [5.41, 5.74) is 12.3. The van der Waals surface area contributed by atoms with E-state index in [9.17, 15) is 4.79 Å². The Morgan fingerprint density at radius 1 is 1.35 bits per heavy atom. The van der Waals surface area contributed by atoms with Crippen molar-refractivity contribution in [3.8, 4) is 0 Å². The molecule has 0 aromatic heterocycles. The lowest BCUT2D eigenvalue weighted by Gasteiger charge is -2.37. The summed E-state index contributed by atoms with van der Waals surface area (Å²) in [4.78, 5) is 13.3. The summed E-state index contributed by atoms with van der Waals surface area (Å²) in [6.45, 7) is 2.42. The number of nitrogens with two attached hydrogens (primary N) is 2. The van der Waals surface area contributed by atoms with Crippen molar-refractivity contribution in [2.75, 3.05) is 19.6 Å². The van der Waals surface area contributed by atoms with E-state index >= 15 is 0 Å². The van der Waals surface area contributed by atoms with Gasteiger partial charge in [0, 0.05) is 24.0 Å². The fourth-order valence-corrected chi connectivity index (χ4v) is 3.23. The van der Waals surface area contributed by atoms with E-state index < -0.39 is 0 Å². The van der Waals surface area contributed by atoms with Gasteiger partial charge in [0.25, 0.3) is 0 Å². The molecular formula is C15H22ClN3O. The van der Waals surface area contributed by atoms with Gasteiger partial charge in [-0.05, 0) is 43.5 Å². The second-order valence-corrected chi connectivity index (χ2v) is 5.83. The van der Waals surface area contributed by atoms with E-state index in [-0.39, 0.29) is 11.9 Å². The molecule has 1 saturated heterocycles. The molecule has 0 saturated carbocycles. The number of likely N-dealkylation sites (tertiary alicyclic amines) is 1. The van der Waals surface area contributed by atoms with E-state index in [1.807, 2.05) is 24.3 Å². The number of primary amides is 1. The molecule has 1 aromatic rings. The lowest BCUT2D eigenvalue weighted by Crippen LogP contribution is -2.40. The quantitative estimate of drug-likeness (QED) is 0.872. The molecule has 1 heterocycles. The largest absolute Gasteiger partial charge is 0.370 e. The van der Waals surface area contributed by atoms with Crippen molar-refractivity contribution in [1.29, 1.82) is 0 Å². The average molecular weight is 296 g/mol. The fraction of sp³-hybridized carbons (Fsp3) is 0.533. The fourth-order valence-electron chi connectivity index (χ4n) is 2.97.